The summed E-state index contributed by atoms with van der Waals surface area (Å²) in [5, 5.41) is 0. The van der Waals surface area contributed by atoms with Gasteiger partial charge in [0.15, 0.2) is 6.29 Å². The molecule has 0 bridgehead atoms. The first kappa shape index (κ1) is 15.4. The first-order chi connectivity index (χ1) is 8.38. The van der Waals surface area contributed by atoms with Gasteiger partial charge in [-0.15, -0.1) is 0 Å². The second-order valence-electron chi connectivity index (χ2n) is 5.09. The molecule has 0 aromatic heterocycles. The van der Waals surface area contributed by atoms with E-state index in [1.54, 1.807) is 0 Å². The summed E-state index contributed by atoms with van der Waals surface area (Å²) in [7, 11) is 0. The number of hydrogen-bond donors (Lipinski definition) is 1. The summed E-state index contributed by atoms with van der Waals surface area (Å²) >= 11 is 0. The monoisotopic (exact) mass is 259 g/mol. The molecule has 106 valence electrons. The Bertz CT molecular complexity index is 260. The summed E-state index contributed by atoms with van der Waals surface area (Å²) in [5.41, 5.74) is 5.81. The van der Waals surface area contributed by atoms with Crippen LogP contribution in [0.25, 0.3) is 0 Å². The summed E-state index contributed by atoms with van der Waals surface area (Å²) in [5.74, 6) is -0.285. The number of carbonyl (C=O) groups is 1. The lowest BCUT2D eigenvalue weighted by Gasteiger charge is -2.33. The normalized spacial score (nSPS) is 31.7. The van der Waals surface area contributed by atoms with Gasteiger partial charge in [0.1, 0.15) is 6.10 Å². The Morgan fingerprint density at radius 2 is 2.11 bits per heavy atom. The highest BCUT2D eigenvalue weighted by atomic mass is 16.7. The predicted molar refractivity (Wildman–Crippen MR) is 67.9 cm³/mol. The molecule has 5 unspecified atom stereocenters. The first-order valence-corrected chi connectivity index (χ1v) is 6.62. The van der Waals surface area contributed by atoms with Gasteiger partial charge in [0.05, 0.1) is 12.2 Å². The minimum absolute atomic E-state index is 0.153. The number of nitrogens with two attached hydrogens (primary N) is 1. The van der Waals surface area contributed by atoms with Crippen LogP contribution in [0, 0.1) is 0 Å². The highest BCUT2D eigenvalue weighted by Gasteiger charge is 2.26. The van der Waals surface area contributed by atoms with E-state index in [4.69, 9.17) is 19.9 Å². The molecule has 0 aromatic rings. The molecule has 0 amide bonds. The number of rotatable bonds is 5. The Labute approximate surface area is 109 Å². The average Bonchev–Trinajstić information content (AvgIpc) is 2.21. The van der Waals surface area contributed by atoms with E-state index in [9.17, 15) is 4.79 Å². The van der Waals surface area contributed by atoms with E-state index >= 15 is 0 Å². The van der Waals surface area contributed by atoms with Crippen LogP contribution in [0.5, 0.6) is 0 Å². The van der Waals surface area contributed by atoms with Gasteiger partial charge >= 0.3 is 5.97 Å². The van der Waals surface area contributed by atoms with Crippen LogP contribution < -0.4 is 5.73 Å². The van der Waals surface area contributed by atoms with Crippen molar-refractivity contribution in [1.82, 2.24) is 0 Å². The lowest BCUT2D eigenvalue weighted by atomic mass is 10.0. The molecule has 2 N–H and O–H groups in total. The van der Waals surface area contributed by atoms with Gasteiger partial charge in [-0.25, -0.2) is 0 Å². The van der Waals surface area contributed by atoms with E-state index in [2.05, 4.69) is 0 Å². The molecule has 1 aliphatic heterocycles. The van der Waals surface area contributed by atoms with Crippen LogP contribution in [0.2, 0.25) is 0 Å². The molecule has 1 aliphatic rings. The Hall–Kier alpha value is -0.650. The van der Waals surface area contributed by atoms with Gasteiger partial charge in [-0.3, -0.25) is 4.79 Å². The van der Waals surface area contributed by atoms with Crippen LogP contribution in [-0.2, 0) is 19.0 Å². The summed E-state index contributed by atoms with van der Waals surface area (Å²) < 4.78 is 16.4. The molecule has 1 saturated heterocycles. The summed E-state index contributed by atoms with van der Waals surface area (Å²) in [6.07, 6.45) is 2.39. The Morgan fingerprint density at radius 1 is 1.44 bits per heavy atom. The van der Waals surface area contributed by atoms with Gasteiger partial charge < -0.3 is 19.9 Å². The van der Waals surface area contributed by atoms with Crippen molar-refractivity contribution in [2.45, 2.75) is 77.6 Å². The smallest absolute Gasteiger partial charge is 0.302 e. The van der Waals surface area contributed by atoms with E-state index in [1.807, 2.05) is 20.8 Å². The zero-order valence-electron chi connectivity index (χ0n) is 11.7. The molecule has 5 nitrogen and oxygen atoms in total. The average molecular weight is 259 g/mol. The van der Waals surface area contributed by atoms with Crippen LogP contribution >= 0.6 is 0 Å². The molecular formula is C13H25NO4. The lowest BCUT2D eigenvalue weighted by molar-refractivity contribution is -0.231. The Balaban J connectivity index is 2.39. The van der Waals surface area contributed by atoms with E-state index in [1.165, 1.54) is 6.92 Å². The van der Waals surface area contributed by atoms with Gasteiger partial charge in [-0.05, 0) is 40.0 Å². The SMILES string of the molecule is CC(=O)OC(CCC1CC(C)OC(C)O1)C(C)N. The van der Waals surface area contributed by atoms with Gasteiger partial charge in [0, 0.05) is 13.0 Å². The molecule has 1 rings (SSSR count). The van der Waals surface area contributed by atoms with Gasteiger partial charge in [-0.2, -0.15) is 0 Å². The summed E-state index contributed by atoms with van der Waals surface area (Å²) in [6, 6.07) is -0.163. The minimum Gasteiger partial charge on any atom is -0.461 e. The number of carbonyl (C=O) groups excluding carboxylic acids is 1. The van der Waals surface area contributed by atoms with Crippen molar-refractivity contribution in [2.24, 2.45) is 5.73 Å². The molecule has 0 saturated carbocycles. The molecule has 0 spiro atoms. The van der Waals surface area contributed by atoms with Crippen molar-refractivity contribution in [1.29, 1.82) is 0 Å². The highest BCUT2D eigenvalue weighted by Crippen LogP contribution is 2.22. The molecular weight excluding hydrogens is 234 g/mol. The standard InChI is InChI=1S/C13H25NO4/c1-8-7-12(18-11(4)16-8)5-6-13(9(2)14)17-10(3)15/h8-9,11-13H,5-7,14H2,1-4H3. The van der Waals surface area contributed by atoms with Crippen molar-refractivity contribution < 1.29 is 19.0 Å². The maximum atomic E-state index is 11.0. The molecule has 1 heterocycles. The van der Waals surface area contributed by atoms with E-state index < -0.39 is 0 Å². The van der Waals surface area contributed by atoms with Crippen LogP contribution in [0.15, 0.2) is 0 Å². The number of ether oxygens (including phenoxy) is 3. The molecule has 5 atom stereocenters. The predicted octanol–water partition coefficient (Wildman–Crippen LogP) is 1.59. The van der Waals surface area contributed by atoms with Crippen LogP contribution in [-0.4, -0.2) is 36.6 Å². The molecule has 0 aromatic carbocycles. The van der Waals surface area contributed by atoms with Crippen molar-refractivity contribution in [3.8, 4) is 0 Å². The summed E-state index contributed by atoms with van der Waals surface area (Å²) in [4.78, 5) is 11.0. The molecule has 18 heavy (non-hydrogen) atoms. The quantitative estimate of drug-likeness (QED) is 0.759. The van der Waals surface area contributed by atoms with Crippen molar-refractivity contribution in [2.75, 3.05) is 0 Å². The van der Waals surface area contributed by atoms with Crippen LogP contribution in [0.1, 0.15) is 47.0 Å². The van der Waals surface area contributed by atoms with Gasteiger partial charge in [0.2, 0.25) is 0 Å². The van der Waals surface area contributed by atoms with E-state index in [-0.39, 0.29) is 36.6 Å². The molecule has 5 heteroatoms. The number of hydrogen-bond acceptors (Lipinski definition) is 5. The second kappa shape index (κ2) is 7.07. The second-order valence-corrected chi connectivity index (χ2v) is 5.09. The highest BCUT2D eigenvalue weighted by molar-refractivity contribution is 5.66. The maximum absolute atomic E-state index is 11.0. The minimum atomic E-state index is -0.285. The fourth-order valence-electron chi connectivity index (χ4n) is 2.29. The van der Waals surface area contributed by atoms with Crippen molar-refractivity contribution in [3.05, 3.63) is 0 Å². The van der Waals surface area contributed by atoms with Crippen molar-refractivity contribution in [3.63, 3.8) is 0 Å². The zero-order chi connectivity index (χ0) is 13.7. The first-order valence-electron chi connectivity index (χ1n) is 6.62. The van der Waals surface area contributed by atoms with E-state index in [0.29, 0.717) is 0 Å². The topological polar surface area (TPSA) is 70.8 Å². The van der Waals surface area contributed by atoms with E-state index in [0.717, 1.165) is 19.3 Å². The number of esters is 1. The Kier molecular flexibility index (Phi) is 6.05. The Morgan fingerprint density at radius 3 is 2.61 bits per heavy atom. The zero-order valence-corrected chi connectivity index (χ0v) is 11.7. The third-order valence-corrected chi connectivity index (χ3v) is 3.08. The molecule has 0 radical (unpaired) electrons. The molecule has 0 aliphatic carbocycles. The van der Waals surface area contributed by atoms with Crippen LogP contribution in [0.3, 0.4) is 0 Å². The largest absolute Gasteiger partial charge is 0.461 e. The van der Waals surface area contributed by atoms with Gasteiger partial charge in [-0.1, -0.05) is 0 Å². The fraction of sp³-hybridized carbons (Fsp3) is 0.923. The maximum Gasteiger partial charge on any atom is 0.302 e. The molecule has 1 fully saturated rings. The summed E-state index contributed by atoms with van der Waals surface area (Å²) in [6.45, 7) is 7.20. The fourth-order valence-corrected chi connectivity index (χ4v) is 2.29. The third-order valence-electron chi connectivity index (χ3n) is 3.08. The third kappa shape index (κ3) is 5.33. The van der Waals surface area contributed by atoms with Gasteiger partial charge in [0.25, 0.3) is 0 Å². The van der Waals surface area contributed by atoms with Crippen LogP contribution in [0.4, 0.5) is 0 Å². The van der Waals surface area contributed by atoms with Crippen molar-refractivity contribution >= 4 is 5.97 Å². The lowest BCUT2D eigenvalue weighted by Crippen LogP contribution is -2.39.